The summed E-state index contributed by atoms with van der Waals surface area (Å²) in [4.78, 5) is 25.5. The van der Waals surface area contributed by atoms with E-state index in [2.05, 4.69) is 19.7 Å². The number of piperidine rings is 1. The van der Waals surface area contributed by atoms with Gasteiger partial charge >= 0.3 is 11.9 Å². The molecule has 0 atom stereocenters. The van der Waals surface area contributed by atoms with Gasteiger partial charge in [-0.2, -0.15) is 0 Å². The molecule has 1 aromatic carbocycles. The highest BCUT2D eigenvalue weighted by atomic mass is 16.5. The zero-order chi connectivity index (χ0) is 18.8. The van der Waals surface area contributed by atoms with Gasteiger partial charge in [0, 0.05) is 12.2 Å². The van der Waals surface area contributed by atoms with Crippen molar-refractivity contribution in [2.75, 3.05) is 45.8 Å². The number of methoxy groups -OCH3 is 2. The summed E-state index contributed by atoms with van der Waals surface area (Å²) in [6.07, 6.45) is 4.91. The molecule has 0 bridgehead atoms. The number of nitrogens with one attached hydrogen (secondary N) is 1. The standard InChI is InChI=1S/C19H26N2O5/c1-24-18(22)14-17(19(23)25-2)20-15-6-8-16(9-7-15)26-13-12-21-10-4-3-5-11-21/h6-9,14,20H,3-5,10-13H2,1-2H3/b17-14+. The van der Waals surface area contributed by atoms with Crippen LogP contribution >= 0.6 is 0 Å². The van der Waals surface area contributed by atoms with Crippen LogP contribution in [0.4, 0.5) is 5.69 Å². The maximum atomic E-state index is 11.7. The third-order valence-corrected chi connectivity index (χ3v) is 4.13. The Morgan fingerprint density at radius 1 is 1.08 bits per heavy atom. The van der Waals surface area contributed by atoms with Crippen LogP contribution in [0.25, 0.3) is 0 Å². The Balaban J connectivity index is 1.87. The van der Waals surface area contributed by atoms with Gasteiger partial charge in [0.25, 0.3) is 0 Å². The van der Waals surface area contributed by atoms with Gasteiger partial charge in [0.1, 0.15) is 18.1 Å². The van der Waals surface area contributed by atoms with Crippen molar-refractivity contribution in [1.29, 1.82) is 0 Å². The number of rotatable bonds is 8. The molecular formula is C19H26N2O5. The van der Waals surface area contributed by atoms with Crippen LogP contribution in [0.2, 0.25) is 0 Å². The van der Waals surface area contributed by atoms with E-state index in [0.717, 1.165) is 31.5 Å². The summed E-state index contributed by atoms with van der Waals surface area (Å²) in [5, 5.41) is 2.85. The van der Waals surface area contributed by atoms with Crippen molar-refractivity contribution in [1.82, 2.24) is 4.90 Å². The van der Waals surface area contributed by atoms with E-state index in [1.807, 2.05) is 12.1 Å². The largest absolute Gasteiger partial charge is 0.492 e. The molecule has 7 nitrogen and oxygen atoms in total. The molecule has 1 aromatic rings. The lowest BCUT2D eigenvalue weighted by Gasteiger charge is -2.26. The molecule has 26 heavy (non-hydrogen) atoms. The molecule has 1 saturated heterocycles. The van der Waals surface area contributed by atoms with Crippen LogP contribution in [0.5, 0.6) is 5.75 Å². The minimum absolute atomic E-state index is 0.00174. The van der Waals surface area contributed by atoms with E-state index in [0.29, 0.717) is 12.3 Å². The van der Waals surface area contributed by atoms with Gasteiger partial charge < -0.3 is 19.5 Å². The molecule has 142 valence electrons. The number of benzene rings is 1. The van der Waals surface area contributed by atoms with E-state index in [9.17, 15) is 9.59 Å². The lowest BCUT2D eigenvalue weighted by atomic mass is 10.1. The molecule has 0 unspecified atom stereocenters. The van der Waals surface area contributed by atoms with E-state index < -0.39 is 11.9 Å². The van der Waals surface area contributed by atoms with E-state index in [-0.39, 0.29) is 5.70 Å². The van der Waals surface area contributed by atoms with Gasteiger partial charge in [-0.1, -0.05) is 6.42 Å². The van der Waals surface area contributed by atoms with Crippen molar-refractivity contribution in [3.63, 3.8) is 0 Å². The molecule has 0 aromatic heterocycles. The molecule has 1 N–H and O–H groups in total. The minimum Gasteiger partial charge on any atom is -0.492 e. The Hall–Kier alpha value is -2.54. The molecule has 2 rings (SSSR count). The number of ether oxygens (including phenoxy) is 3. The lowest BCUT2D eigenvalue weighted by molar-refractivity contribution is -0.138. The second-order valence-corrected chi connectivity index (χ2v) is 5.97. The topological polar surface area (TPSA) is 77.1 Å². The summed E-state index contributed by atoms with van der Waals surface area (Å²) in [7, 11) is 2.48. The van der Waals surface area contributed by atoms with Crippen molar-refractivity contribution >= 4 is 17.6 Å². The fraction of sp³-hybridized carbons (Fsp3) is 0.474. The van der Waals surface area contributed by atoms with Gasteiger partial charge in [-0.05, 0) is 50.2 Å². The van der Waals surface area contributed by atoms with Crippen molar-refractivity contribution in [3.8, 4) is 5.75 Å². The van der Waals surface area contributed by atoms with Crippen LogP contribution in [0.3, 0.4) is 0 Å². The summed E-state index contributed by atoms with van der Waals surface area (Å²) in [6.45, 7) is 3.86. The predicted octanol–water partition coefficient (Wildman–Crippen LogP) is 2.19. The summed E-state index contributed by atoms with van der Waals surface area (Å²) in [6, 6.07) is 7.16. The maximum absolute atomic E-state index is 11.7. The second-order valence-electron chi connectivity index (χ2n) is 5.97. The Labute approximate surface area is 153 Å². The zero-order valence-electron chi connectivity index (χ0n) is 15.3. The van der Waals surface area contributed by atoms with E-state index >= 15 is 0 Å². The Kier molecular flexibility index (Phi) is 7.95. The first-order valence-corrected chi connectivity index (χ1v) is 8.72. The third kappa shape index (κ3) is 6.40. The highest BCUT2D eigenvalue weighted by molar-refractivity contribution is 5.98. The summed E-state index contributed by atoms with van der Waals surface area (Å²) < 4.78 is 15.0. The quantitative estimate of drug-likeness (QED) is 0.561. The zero-order valence-corrected chi connectivity index (χ0v) is 15.3. The highest BCUT2D eigenvalue weighted by Gasteiger charge is 2.13. The first-order valence-electron chi connectivity index (χ1n) is 8.72. The van der Waals surface area contributed by atoms with Crippen LogP contribution < -0.4 is 10.1 Å². The molecule has 0 radical (unpaired) electrons. The number of carbonyl (C=O) groups is 2. The maximum Gasteiger partial charge on any atom is 0.354 e. The van der Waals surface area contributed by atoms with Crippen LogP contribution in [-0.2, 0) is 19.1 Å². The summed E-state index contributed by atoms with van der Waals surface area (Å²) in [5.41, 5.74) is 0.632. The third-order valence-electron chi connectivity index (χ3n) is 4.13. The van der Waals surface area contributed by atoms with Gasteiger partial charge in [-0.15, -0.1) is 0 Å². The molecule has 0 aliphatic carbocycles. The molecule has 1 heterocycles. The van der Waals surface area contributed by atoms with Crippen molar-refractivity contribution in [2.45, 2.75) is 19.3 Å². The Morgan fingerprint density at radius 2 is 1.77 bits per heavy atom. The highest BCUT2D eigenvalue weighted by Crippen LogP contribution is 2.18. The molecular weight excluding hydrogens is 336 g/mol. The molecule has 7 heteroatoms. The Morgan fingerprint density at radius 3 is 2.38 bits per heavy atom. The smallest absolute Gasteiger partial charge is 0.354 e. The first-order chi connectivity index (χ1) is 12.6. The Bertz CT molecular complexity index is 621. The first kappa shape index (κ1) is 19.8. The summed E-state index contributed by atoms with van der Waals surface area (Å²) in [5.74, 6) is -0.544. The molecule has 1 fully saturated rings. The molecule has 0 amide bonds. The fourth-order valence-corrected chi connectivity index (χ4v) is 2.70. The van der Waals surface area contributed by atoms with E-state index in [4.69, 9.17) is 4.74 Å². The molecule has 1 aliphatic rings. The molecule has 0 saturated carbocycles. The van der Waals surface area contributed by atoms with Crippen molar-refractivity contribution < 1.29 is 23.8 Å². The van der Waals surface area contributed by atoms with E-state index in [1.54, 1.807) is 12.1 Å². The summed E-state index contributed by atoms with van der Waals surface area (Å²) >= 11 is 0. The number of likely N-dealkylation sites (tertiary alicyclic amines) is 1. The van der Waals surface area contributed by atoms with Gasteiger partial charge in [0.2, 0.25) is 0 Å². The number of esters is 2. The van der Waals surface area contributed by atoms with Crippen molar-refractivity contribution in [2.24, 2.45) is 0 Å². The fourth-order valence-electron chi connectivity index (χ4n) is 2.70. The predicted molar refractivity (Wildman–Crippen MR) is 98.0 cm³/mol. The van der Waals surface area contributed by atoms with Crippen molar-refractivity contribution in [3.05, 3.63) is 36.0 Å². The average molecular weight is 362 g/mol. The molecule has 1 aliphatic heterocycles. The van der Waals surface area contributed by atoms with Gasteiger partial charge in [-0.3, -0.25) is 4.90 Å². The lowest BCUT2D eigenvalue weighted by Crippen LogP contribution is -2.33. The molecule has 0 spiro atoms. The number of carbonyl (C=O) groups excluding carboxylic acids is 2. The van der Waals surface area contributed by atoms with Gasteiger partial charge in [0.15, 0.2) is 0 Å². The van der Waals surface area contributed by atoms with Crippen LogP contribution in [0.15, 0.2) is 36.0 Å². The number of nitrogens with zero attached hydrogens (tertiary/aromatic N) is 1. The van der Waals surface area contributed by atoms with Crippen LogP contribution in [0.1, 0.15) is 19.3 Å². The van der Waals surface area contributed by atoms with Crippen LogP contribution in [0, 0.1) is 0 Å². The second kappa shape index (κ2) is 10.5. The number of hydrogen-bond donors (Lipinski definition) is 1. The number of hydrogen-bond acceptors (Lipinski definition) is 7. The van der Waals surface area contributed by atoms with Gasteiger partial charge in [0.05, 0.1) is 20.3 Å². The van der Waals surface area contributed by atoms with Crippen LogP contribution in [-0.4, -0.2) is 57.3 Å². The van der Waals surface area contributed by atoms with E-state index in [1.165, 1.54) is 33.5 Å². The SMILES string of the molecule is COC(=O)/C=C(/Nc1ccc(OCCN2CCCCC2)cc1)C(=O)OC. The minimum atomic E-state index is -0.655. The average Bonchev–Trinajstić information content (AvgIpc) is 2.68. The number of anilines is 1. The normalized spacial score (nSPS) is 15.2. The van der Waals surface area contributed by atoms with Gasteiger partial charge in [-0.25, -0.2) is 9.59 Å². The monoisotopic (exact) mass is 362 g/mol.